The third kappa shape index (κ3) is 6.04. The fourth-order valence-corrected chi connectivity index (χ4v) is 3.95. The molecule has 1 aliphatic carbocycles. The molecule has 0 aliphatic heterocycles. The third-order valence-electron chi connectivity index (χ3n) is 5.55. The molecule has 0 bridgehead atoms. The van der Waals surface area contributed by atoms with Gasteiger partial charge in [0.2, 0.25) is 5.91 Å². The van der Waals surface area contributed by atoms with E-state index in [9.17, 15) is 4.79 Å². The van der Waals surface area contributed by atoms with Gasteiger partial charge in [0.25, 0.3) is 0 Å². The molecule has 3 aromatic rings. The summed E-state index contributed by atoms with van der Waals surface area (Å²) in [6.45, 7) is 3.93. The van der Waals surface area contributed by atoms with E-state index in [0.717, 1.165) is 22.9 Å². The normalized spacial score (nSPS) is 13.7. The zero-order valence-corrected chi connectivity index (χ0v) is 18.1. The number of hydrogen-bond acceptors (Lipinski definition) is 5. The molecule has 0 saturated heterocycles. The first-order valence-corrected chi connectivity index (χ1v) is 10.9. The van der Waals surface area contributed by atoms with Gasteiger partial charge in [-0.2, -0.15) is 0 Å². The molecular weight excluding hydrogens is 386 g/mol. The highest BCUT2D eigenvalue weighted by Crippen LogP contribution is 2.28. The average molecular weight is 416 g/mol. The molecule has 3 N–H and O–H groups in total. The lowest BCUT2D eigenvalue weighted by atomic mass is 10.0. The summed E-state index contributed by atoms with van der Waals surface area (Å²) in [4.78, 5) is 21.2. The standard InChI is InChI=1S/C25H29N5O/c1-17-7-9-20(10-8-17)28-23-16-24(27-18(2)26-23)29-21-11-13-22(14-12-21)30-25(31)15-19-5-3-4-6-19/h7-14,16,19H,3-6,15H2,1-2H3,(H,30,31)(H2,26,27,28,29). The van der Waals surface area contributed by atoms with Gasteiger partial charge >= 0.3 is 0 Å². The number of aromatic nitrogens is 2. The van der Waals surface area contributed by atoms with E-state index >= 15 is 0 Å². The van der Waals surface area contributed by atoms with E-state index in [1.165, 1.54) is 31.2 Å². The molecule has 6 nitrogen and oxygen atoms in total. The number of hydrogen-bond donors (Lipinski definition) is 3. The number of nitrogens with one attached hydrogen (secondary N) is 3. The van der Waals surface area contributed by atoms with Gasteiger partial charge in [-0.3, -0.25) is 4.79 Å². The number of aryl methyl sites for hydroxylation is 2. The Morgan fingerprint density at radius 3 is 1.94 bits per heavy atom. The van der Waals surface area contributed by atoms with Gasteiger partial charge in [-0.15, -0.1) is 0 Å². The van der Waals surface area contributed by atoms with Crippen LogP contribution < -0.4 is 16.0 Å². The number of rotatable bonds is 7. The molecule has 1 saturated carbocycles. The van der Waals surface area contributed by atoms with Crippen molar-refractivity contribution in [1.29, 1.82) is 0 Å². The first kappa shape index (κ1) is 20.8. The number of carbonyl (C=O) groups excluding carboxylic acids is 1. The van der Waals surface area contributed by atoms with Crippen molar-refractivity contribution in [1.82, 2.24) is 9.97 Å². The number of nitrogens with zero attached hydrogens (tertiary/aromatic N) is 2. The smallest absolute Gasteiger partial charge is 0.224 e. The predicted octanol–water partition coefficient (Wildman–Crippen LogP) is 6.10. The molecule has 0 unspecified atom stereocenters. The summed E-state index contributed by atoms with van der Waals surface area (Å²) in [6.07, 6.45) is 5.48. The lowest BCUT2D eigenvalue weighted by Crippen LogP contribution is -2.15. The molecule has 1 aliphatic rings. The fraction of sp³-hybridized carbons (Fsp3) is 0.320. The maximum Gasteiger partial charge on any atom is 0.224 e. The molecule has 1 heterocycles. The van der Waals surface area contributed by atoms with Crippen molar-refractivity contribution in [2.45, 2.75) is 46.0 Å². The SMILES string of the molecule is Cc1ccc(Nc2cc(Nc3ccc(NC(=O)CC4CCCC4)cc3)nc(C)n2)cc1. The number of benzene rings is 2. The molecule has 0 atom stereocenters. The summed E-state index contributed by atoms with van der Waals surface area (Å²) < 4.78 is 0. The van der Waals surface area contributed by atoms with Crippen LogP contribution in [-0.4, -0.2) is 15.9 Å². The van der Waals surface area contributed by atoms with Crippen molar-refractivity contribution >= 4 is 34.6 Å². The summed E-state index contributed by atoms with van der Waals surface area (Å²) in [5, 5.41) is 9.64. The molecule has 6 heteroatoms. The van der Waals surface area contributed by atoms with E-state index in [0.29, 0.717) is 24.0 Å². The highest BCUT2D eigenvalue weighted by Gasteiger charge is 2.18. The molecule has 2 aromatic carbocycles. The Balaban J connectivity index is 1.37. The minimum absolute atomic E-state index is 0.103. The second-order valence-corrected chi connectivity index (χ2v) is 8.28. The number of anilines is 5. The van der Waals surface area contributed by atoms with Gasteiger partial charge in [-0.05, 0) is 69.0 Å². The first-order valence-electron chi connectivity index (χ1n) is 10.9. The van der Waals surface area contributed by atoms with Crippen LogP contribution >= 0.6 is 0 Å². The van der Waals surface area contributed by atoms with Crippen LogP contribution in [0.5, 0.6) is 0 Å². The Bertz CT molecular complexity index is 1020. The summed E-state index contributed by atoms with van der Waals surface area (Å²) in [5.41, 5.74) is 3.90. The van der Waals surface area contributed by atoms with E-state index in [1.54, 1.807) is 0 Å². The van der Waals surface area contributed by atoms with Gasteiger partial charge in [0.15, 0.2) is 0 Å². The quantitative estimate of drug-likeness (QED) is 0.434. The summed E-state index contributed by atoms with van der Waals surface area (Å²) in [5.74, 6) is 2.76. The van der Waals surface area contributed by atoms with Crippen LogP contribution in [-0.2, 0) is 4.79 Å². The highest BCUT2D eigenvalue weighted by atomic mass is 16.1. The first-order chi connectivity index (χ1) is 15.0. The summed E-state index contributed by atoms with van der Waals surface area (Å²) >= 11 is 0. The lowest BCUT2D eigenvalue weighted by molar-refractivity contribution is -0.117. The highest BCUT2D eigenvalue weighted by molar-refractivity contribution is 5.91. The summed E-state index contributed by atoms with van der Waals surface area (Å²) in [6, 6.07) is 17.8. The Morgan fingerprint density at radius 1 is 0.839 bits per heavy atom. The monoisotopic (exact) mass is 415 g/mol. The van der Waals surface area contributed by atoms with Crippen LogP contribution in [0.4, 0.5) is 28.7 Å². The van der Waals surface area contributed by atoms with Crippen molar-refractivity contribution < 1.29 is 4.79 Å². The largest absolute Gasteiger partial charge is 0.340 e. The van der Waals surface area contributed by atoms with E-state index in [4.69, 9.17) is 0 Å². The lowest BCUT2D eigenvalue weighted by Gasteiger charge is -2.12. The van der Waals surface area contributed by atoms with E-state index < -0.39 is 0 Å². The van der Waals surface area contributed by atoms with Gasteiger partial charge in [0, 0.05) is 29.5 Å². The van der Waals surface area contributed by atoms with Crippen molar-refractivity contribution in [3.05, 3.63) is 66.0 Å². The van der Waals surface area contributed by atoms with Crippen LogP contribution in [0.15, 0.2) is 54.6 Å². The van der Waals surface area contributed by atoms with E-state index in [-0.39, 0.29) is 5.91 Å². The Hall–Kier alpha value is -3.41. The third-order valence-corrected chi connectivity index (χ3v) is 5.55. The fourth-order valence-electron chi connectivity index (χ4n) is 3.95. The van der Waals surface area contributed by atoms with Crippen molar-refractivity contribution in [2.24, 2.45) is 5.92 Å². The summed E-state index contributed by atoms with van der Waals surface area (Å²) in [7, 11) is 0. The van der Waals surface area contributed by atoms with Crippen LogP contribution in [0, 0.1) is 19.8 Å². The molecule has 1 amide bonds. The zero-order valence-electron chi connectivity index (χ0n) is 18.1. The second kappa shape index (κ2) is 9.60. The van der Waals surface area contributed by atoms with Gasteiger partial charge in [-0.25, -0.2) is 9.97 Å². The van der Waals surface area contributed by atoms with Crippen LogP contribution in [0.2, 0.25) is 0 Å². The number of amides is 1. The van der Waals surface area contributed by atoms with Crippen molar-refractivity contribution in [3.8, 4) is 0 Å². The molecule has 1 fully saturated rings. The van der Waals surface area contributed by atoms with Gasteiger partial charge in [0.1, 0.15) is 17.5 Å². The van der Waals surface area contributed by atoms with Crippen LogP contribution in [0.3, 0.4) is 0 Å². The Morgan fingerprint density at radius 2 is 1.35 bits per heavy atom. The zero-order chi connectivity index (χ0) is 21.6. The van der Waals surface area contributed by atoms with E-state index in [1.807, 2.05) is 49.4 Å². The average Bonchev–Trinajstić information content (AvgIpc) is 3.24. The topological polar surface area (TPSA) is 78.9 Å². The van der Waals surface area contributed by atoms with Crippen molar-refractivity contribution in [2.75, 3.05) is 16.0 Å². The van der Waals surface area contributed by atoms with Gasteiger partial charge in [0.05, 0.1) is 0 Å². The maximum atomic E-state index is 12.2. The van der Waals surface area contributed by atoms with Gasteiger partial charge < -0.3 is 16.0 Å². The molecule has 160 valence electrons. The molecule has 0 radical (unpaired) electrons. The predicted molar refractivity (Wildman–Crippen MR) is 126 cm³/mol. The minimum atomic E-state index is 0.103. The van der Waals surface area contributed by atoms with E-state index in [2.05, 4.69) is 45.0 Å². The number of carbonyl (C=O) groups is 1. The Labute approximate surface area is 183 Å². The van der Waals surface area contributed by atoms with Crippen molar-refractivity contribution in [3.63, 3.8) is 0 Å². The Kier molecular flexibility index (Phi) is 6.46. The van der Waals surface area contributed by atoms with Crippen LogP contribution in [0.25, 0.3) is 0 Å². The molecule has 0 spiro atoms. The maximum absolute atomic E-state index is 12.2. The minimum Gasteiger partial charge on any atom is -0.340 e. The van der Waals surface area contributed by atoms with Gasteiger partial charge in [-0.1, -0.05) is 30.5 Å². The molecule has 4 rings (SSSR count). The molecule has 31 heavy (non-hydrogen) atoms. The second-order valence-electron chi connectivity index (χ2n) is 8.28. The molecule has 1 aromatic heterocycles. The molecular formula is C25H29N5O. The van der Waals surface area contributed by atoms with Crippen LogP contribution in [0.1, 0.15) is 43.5 Å².